The Morgan fingerprint density at radius 1 is 1.39 bits per heavy atom. The Morgan fingerprint density at radius 3 is 2.44 bits per heavy atom. The minimum atomic E-state index is -4.30. The van der Waals surface area contributed by atoms with Crippen molar-refractivity contribution in [1.82, 2.24) is 9.97 Å². The van der Waals surface area contributed by atoms with Gasteiger partial charge >= 0.3 is 6.18 Å². The maximum absolute atomic E-state index is 12.4. The lowest BCUT2D eigenvalue weighted by Gasteiger charge is -2.24. The van der Waals surface area contributed by atoms with E-state index in [2.05, 4.69) is 9.97 Å². The Morgan fingerprint density at radius 2 is 2.06 bits per heavy atom. The Balaban J connectivity index is 2.88. The number of nitrogens with two attached hydrogens (primary N) is 1. The molecule has 0 aliphatic rings. The van der Waals surface area contributed by atoms with Crippen LogP contribution in [0.2, 0.25) is 0 Å². The van der Waals surface area contributed by atoms with E-state index in [-0.39, 0.29) is 23.9 Å². The number of hydrogen-bond acceptors (Lipinski definition) is 4. The lowest BCUT2D eigenvalue weighted by atomic mass is 10.3. The number of nitrogens with zero attached hydrogens (tertiary/aromatic N) is 3. The first-order valence-electron chi connectivity index (χ1n) is 5.31. The van der Waals surface area contributed by atoms with Crippen molar-refractivity contribution in [3.8, 4) is 0 Å². The van der Waals surface area contributed by atoms with E-state index in [9.17, 15) is 13.2 Å². The van der Waals surface area contributed by atoms with Gasteiger partial charge in [0.25, 0.3) is 0 Å². The SMILES string of the molecule is CCCN(CC(F)(F)F)c1cnc(C(=N)N)cn1. The summed E-state index contributed by atoms with van der Waals surface area (Å²) in [5.41, 5.74) is 5.33. The average Bonchev–Trinajstić information content (AvgIpc) is 2.27. The van der Waals surface area contributed by atoms with E-state index >= 15 is 0 Å². The van der Waals surface area contributed by atoms with Crippen LogP contribution in [0.25, 0.3) is 0 Å². The summed E-state index contributed by atoms with van der Waals surface area (Å²) in [5.74, 6) is -0.147. The predicted octanol–water partition coefficient (Wildman–Crippen LogP) is 1.54. The van der Waals surface area contributed by atoms with E-state index in [0.717, 1.165) is 4.90 Å². The molecule has 0 spiro atoms. The topological polar surface area (TPSA) is 78.9 Å². The molecule has 1 heterocycles. The largest absolute Gasteiger partial charge is 0.405 e. The molecule has 0 saturated heterocycles. The molecule has 5 nitrogen and oxygen atoms in total. The third kappa shape index (κ3) is 4.19. The van der Waals surface area contributed by atoms with E-state index in [0.29, 0.717) is 6.42 Å². The van der Waals surface area contributed by atoms with Gasteiger partial charge in [-0.15, -0.1) is 0 Å². The first-order chi connectivity index (χ1) is 8.33. The Labute approximate surface area is 102 Å². The molecule has 0 aliphatic heterocycles. The van der Waals surface area contributed by atoms with E-state index in [4.69, 9.17) is 11.1 Å². The van der Waals surface area contributed by atoms with Gasteiger partial charge in [0.2, 0.25) is 0 Å². The summed E-state index contributed by atoms with van der Waals surface area (Å²) in [5, 5.41) is 7.12. The number of nitrogen functional groups attached to an aromatic ring is 1. The third-order valence-corrected chi connectivity index (χ3v) is 2.10. The highest BCUT2D eigenvalue weighted by Crippen LogP contribution is 2.20. The van der Waals surface area contributed by atoms with Crippen LogP contribution in [0.3, 0.4) is 0 Å². The van der Waals surface area contributed by atoms with Gasteiger partial charge in [0, 0.05) is 6.54 Å². The number of amidine groups is 1. The second kappa shape index (κ2) is 5.65. The third-order valence-electron chi connectivity index (χ3n) is 2.10. The smallest absolute Gasteiger partial charge is 0.382 e. The zero-order valence-electron chi connectivity index (χ0n) is 9.83. The maximum Gasteiger partial charge on any atom is 0.405 e. The van der Waals surface area contributed by atoms with E-state index in [1.54, 1.807) is 6.92 Å². The van der Waals surface area contributed by atoms with Gasteiger partial charge in [-0.1, -0.05) is 6.92 Å². The van der Waals surface area contributed by atoms with Gasteiger partial charge in [-0.3, -0.25) is 5.41 Å². The first kappa shape index (κ1) is 14.2. The zero-order valence-corrected chi connectivity index (χ0v) is 9.83. The van der Waals surface area contributed by atoms with Crippen molar-refractivity contribution >= 4 is 11.7 Å². The molecular formula is C10H14F3N5. The van der Waals surface area contributed by atoms with Crippen molar-refractivity contribution in [2.75, 3.05) is 18.0 Å². The first-order valence-corrected chi connectivity index (χ1v) is 5.31. The van der Waals surface area contributed by atoms with Crippen LogP contribution in [0, 0.1) is 5.41 Å². The quantitative estimate of drug-likeness (QED) is 0.622. The number of anilines is 1. The van der Waals surface area contributed by atoms with Crippen molar-refractivity contribution in [3.63, 3.8) is 0 Å². The summed E-state index contributed by atoms with van der Waals surface area (Å²) in [6.45, 7) is 0.934. The minimum Gasteiger partial charge on any atom is -0.382 e. The number of nitrogens with one attached hydrogen (secondary N) is 1. The lowest BCUT2D eigenvalue weighted by molar-refractivity contribution is -0.119. The van der Waals surface area contributed by atoms with Crippen LogP contribution in [0.4, 0.5) is 19.0 Å². The molecule has 0 bridgehead atoms. The molecule has 0 amide bonds. The average molecular weight is 261 g/mol. The van der Waals surface area contributed by atoms with Gasteiger partial charge in [0.05, 0.1) is 12.4 Å². The molecule has 0 radical (unpaired) electrons. The van der Waals surface area contributed by atoms with Crippen LogP contribution >= 0.6 is 0 Å². The molecule has 0 saturated carbocycles. The molecule has 1 aromatic heterocycles. The molecule has 18 heavy (non-hydrogen) atoms. The number of alkyl halides is 3. The van der Waals surface area contributed by atoms with Crippen LogP contribution in [0.5, 0.6) is 0 Å². The van der Waals surface area contributed by atoms with Gasteiger partial charge in [-0.05, 0) is 6.42 Å². The van der Waals surface area contributed by atoms with Crippen LogP contribution < -0.4 is 10.6 Å². The van der Waals surface area contributed by atoms with Gasteiger partial charge in [-0.2, -0.15) is 13.2 Å². The van der Waals surface area contributed by atoms with Crippen molar-refractivity contribution in [3.05, 3.63) is 18.1 Å². The van der Waals surface area contributed by atoms with Crippen LogP contribution in [0.15, 0.2) is 12.4 Å². The molecule has 0 atom stereocenters. The highest BCUT2D eigenvalue weighted by molar-refractivity contribution is 5.92. The van der Waals surface area contributed by atoms with Gasteiger partial charge in [-0.25, -0.2) is 9.97 Å². The molecule has 8 heteroatoms. The van der Waals surface area contributed by atoms with E-state index < -0.39 is 12.7 Å². The van der Waals surface area contributed by atoms with Gasteiger partial charge in [0.1, 0.15) is 23.9 Å². The van der Waals surface area contributed by atoms with E-state index in [1.165, 1.54) is 12.4 Å². The summed E-state index contributed by atoms with van der Waals surface area (Å²) >= 11 is 0. The second-order valence-electron chi connectivity index (χ2n) is 3.71. The molecule has 100 valence electrons. The molecule has 0 aromatic carbocycles. The fourth-order valence-corrected chi connectivity index (χ4v) is 1.38. The predicted molar refractivity (Wildman–Crippen MR) is 61.6 cm³/mol. The molecule has 3 N–H and O–H groups in total. The minimum absolute atomic E-state index is 0.124. The summed E-state index contributed by atoms with van der Waals surface area (Å²) < 4.78 is 37.1. The van der Waals surface area contributed by atoms with Crippen LogP contribution in [-0.4, -0.2) is 35.1 Å². The monoisotopic (exact) mass is 261 g/mol. The van der Waals surface area contributed by atoms with Crippen LogP contribution in [-0.2, 0) is 0 Å². The van der Waals surface area contributed by atoms with Crippen molar-refractivity contribution < 1.29 is 13.2 Å². The molecule has 0 aliphatic carbocycles. The zero-order chi connectivity index (χ0) is 13.8. The molecule has 0 unspecified atom stereocenters. The van der Waals surface area contributed by atoms with E-state index in [1.807, 2.05) is 0 Å². The summed E-state index contributed by atoms with van der Waals surface area (Å²) in [7, 11) is 0. The summed E-state index contributed by atoms with van der Waals surface area (Å²) in [6.07, 6.45) is -1.35. The van der Waals surface area contributed by atoms with Gasteiger partial charge in [0.15, 0.2) is 0 Å². The molecule has 0 fully saturated rings. The van der Waals surface area contributed by atoms with Crippen molar-refractivity contribution in [2.24, 2.45) is 5.73 Å². The fourth-order valence-electron chi connectivity index (χ4n) is 1.38. The normalized spacial score (nSPS) is 11.3. The number of hydrogen-bond donors (Lipinski definition) is 2. The Hall–Kier alpha value is -1.86. The molecular weight excluding hydrogens is 247 g/mol. The fraction of sp³-hybridized carbons (Fsp3) is 0.500. The van der Waals surface area contributed by atoms with Gasteiger partial charge < -0.3 is 10.6 Å². The second-order valence-corrected chi connectivity index (χ2v) is 3.71. The standard InChI is InChI=1S/C10H14F3N5/c1-2-3-18(6-10(11,12)13)8-5-16-7(4-17-8)9(14)15/h4-5H,2-3,6H2,1H3,(H3,14,15). The Kier molecular flexibility index (Phi) is 4.46. The lowest BCUT2D eigenvalue weighted by Crippen LogP contribution is -2.35. The molecule has 1 rings (SSSR count). The van der Waals surface area contributed by atoms with Crippen molar-refractivity contribution in [2.45, 2.75) is 19.5 Å². The number of aromatic nitrogens is 2. The van der Waals surface area contributed by atoms with Crippen LogP contribution in [0.1, 0.15) is 19.0 Å². The highest BCUT2D eigenvalue weighted by Gasteiger charge is 2.31. The Bertz CT molecular complexity index is 401. The van der Waals surface area contributed by atoms with Crippen molar-refractivity contribution in [1.29, 1.82) is 5.41 Å². The highest BCUT2D eigenvalue weighted by atomic mass is 19.4. The summed E-state index contributed by atoms with van der Waals surface area (Å²) in [6, 6.07) is 0. The number of rotatable bonds is 5. The maximum atomic E-state index is 12.4. The molecule has 1 aromatic rings. The summed E-state index contributed by atoms with van der Waals surface area (Å²) in [4.78, 5) is 8.73. The number of halogens is 3.